The van der Waals surface area contributed by atoms with E-state index < -0.39 is 22.3 Å². The van der Waals surface area contributed by atoms with Crippen molar-refractivity contribution in [2.45, 2.75) is 32.2 Å². The van der Waals surface area contributed by atoms with E-state index in [1.807, 2.05) is 6.07 Å². The molecular weight excluding hydrogens is 238 g/mol. The summed E-state index contributed by atoms with van der Waals surface area (Å²) in [4.78, 5) is 21.5. The fraction of sp³-hybridized carbons (Fsp3) is 0.455. The van der Waals surface area contributed by atoms with Gasteiger partial charge in [0.05, 0.1) is 12.1 Å². The second-order valence-electron chi connectivity index (χ2n) is 3.75. The highest BCUT2D eigenvalue weighted by molar-refractivity contribution is 5.92. The molecule has 0 bridgehead atoms. The van der Waals surface area contributed by atoms with Gasteiger partial charge in [0.1, 0.15) is 10.5 Å². The van der Waals surface area contributed by atoms with Crippen molar-refractivity contribution in [3.05, 3.63) is 28.0 Å². The van der Waals surface area contributed by atoms with Gasteiger partial charge in [-0.05, 0) is 18.9 Å². The Kier molecular flexibility index (Phi) is 4.05. The van der Waals surface area contributed by atoms with Gasteiger partial charge in [-0.3, -0.25) is 14.9 Å². The van der Waals surface area contributed by atoms with E-state index in [4.69, 9.17) is 9.68 Å². The molecule has 0 aromatic carbocycles. The molecule has 1 N–H and O–H groups in total. The molecule has 96 valence electrons. The minimum Gasteiger partial charge on any atom is -0.395 e. The Balaban J connectivity index is 2.88. The first-order valence-electron chi connectivity index (χ1n) is 5.46. The van der Waals surface area contributed by atoms with Gasteiger partial charge in [-0.1, -0.05) is 13.8 Å². The molecule has 0 atom stereocenters. The van der Waals surface area contributed by atoms with Crippen LogP contribution in [-0.2, 0) is 0 Å². The number of furan rings is 1. The lowest BCUT2D eigenvalue weighted by atomic mass is 9.94. The zero-order valence-corrected chi connectivity index (χ0v) is 10.1. The molecule has 1 aromatic heterocycles. The second kappa shape index (κ2) is 5.31. The van der Waals surface area contributed by atoms with Crippen LogP contribution in [0.1, 0.15) is 37.2 Å². The van der Waals surface area contributed by atoms with Crippen LogP contribution in [0.15, 0.2) is 16.5 Å². The summed E-state index contributed by atoms with van der Waals surface area (Å²) in [5.41, 5.74) is -0.974. The molecule has 0 spiro atoms. The zero-order chi connectivity index (χ0) is 13.8. The molecule has 7 heteroatoms. The van der Waals surface area contributed by atoms with Crippen molar-refractivity contribution < 1.29 is 14.1 Å². The van der Waals surface area contributed by atoms with Crippen LogP contribution in [0.3, 0.4) is 0 Å². The Morgan fingerprint density at radius 2 is 2.17 bits per heavy atom. The summed E-state index contributed by atoms with van der Waals surface area (Å²) in [6.07, 6.45) is 0.878. The third-order valence-electron chi connectivity index (χ3n) is 2.77. The molecule has 0 aliphatic carbocycles. The van der Waals surface area contributed by atoms with Crippen LogP contribution in [0, 0.1) is 21.4 Å². The summed E-state index contributed by atoms with van der Waals surface area (Å²) < 4.78 is 4.77. The molecule has 1 aromatic rings. The van der Waals surface area contributed by atoms with Crippen LogP contribution in [0.25, 0.3) is 0 Å². The summed E-state index contributed by atoms with van der Waals surface area (Å²) in [5, 5.41) is 22.0. The van der Waals surface area contributed by atoms with Gasteiger partial charge in [-0.25, -0.2) is 0 Å². The average molecular weight is 251 g/mol. The van der Waals surface area contributed by atoms with Crippen molar-refractivity contribution >= 4 is 11.8 Å². The van der Waals surface area contributed by atoms with Crippen molar-refractivity contribution in [1.82, 2.24) is 5.32 Å². The van der Waals surface area contributed by atoms with Crippen LogP contribution in [0.2, 0.25) is 0 Å². The van der Waals surface area contributed by atoms with Crippen LogP contribution in [0.5, 0.6) is 0 Å². The number of nitro groups is 1. The Bertz CT molecular complexity index is 497. The van der Waals surface area contributed by atoms with E-state index in [2.05, 4.69) is 5.32 Å². The number of carbonyl (C=O) groups is 1. The number of rotatable bonds is 5. The summed E-state index contributed by atoms with van der Waals surface area (Å²) in [6.45, 7) is 3.55. The Labute approximate surface area is 104 Å². The first-order valence-corrected chi connectivity index (χ1v) is 5.46. The van der Waals surface area contributed by atoms with Gasteiger partial charge in [0, 0.05) is 0 Å². The van der Waals surface area contributed by atoms with Crippen molar-refractivity contribution in [1.29, 1.82) is 5.26 Å². The molecule has 0 saturated carbocycles. The van der Waals surface area contributed by atoms with E-state index >= 15 is 0 Å². The van der Waals surface area contributed by atoms with Gasteiger partial charge in [-0.2, -0.15) is 5.26 Å². The maximum absolute atomic E-state index is 11.8. The van der Waals surface area contributed by atoms with Crippen molar-refractivity contribution in [2.75, 3.05) is 0 Å². The van der Waals surface area contributed by atoms with Gasteiger partial charge < -0.3 is 9.73 Å². The highest BCUT2D eigenvalue weighted by Gasteiger charge is 2.29. The number of nitriles is 1. The molecular formula is C11H13N3O4. The van der Waals surface area contributed by atoms with Gasteiger partial charge in [0.25, 0.3) is 5.91 Å². The van der Waals surface area contributed by atoms with Gasteiger partial charge in [-0.15, -0.1) is 0 Å². The Morgan fingerprint density at radius 3 is 2.56 bits per heavy atom. The standard InChI is InChI=1S/C11H13N3O4/c1-3-11(4-2,7-12)13-10(15)8-5-6-9(18-8)14(16)17/h5-6H,3-4H2,1-2H3,(H,13,15). The average Bonchev–Trinajstić information content (AvgIpc) is 2.86. The minimum atomic E-state index is -0.974. The molecule has 18 heavy (non-hydrogen) atoms. The highest BCUT2D eigenvalue weighted by Crippen LogP contribution is 2.18. The van der Waals surface area contributed by atoms with Crippen LogP contribution in [-0.4, -0.2) is 16.4 Å². The topological polar surface area (TPSA) is 109 Å². The maximum Gasteiger partial charge on any atom is 0.433 e. The first-order chi connectivity index (χ1) is 8.48. The van der Waals surface area contributed by atoms with E-state index in [0.717, 1.165) is 6.07 Å². The Hall–Kier alpha value is -2.36. The Morgan fingerprint density at radius 1 is 1.56 bits per heavy atom. The first kappa shape index (κ1) is 13.7. The van der Waals surface area contributed by atoms with Crippen molar-refractivity contribution in [2.24, 2.45) is 0 Å². The van der Waals surface area contributed by atoms with Crippen molar-refractivity contribution in [3.63, 3.8) is 0 Å². The molecule has 1 amide bonds. The molecule has 0 saturated heterocycles. The number of hydrogen-bond acceptors (Lipinski definition) is 5. The normalized spacial score (nSPS) is 10.7. The fourth-order valence-corrected chi connectivity index (χ4v) is 1.44. The number of nitrogens with one attached hydrogen (secondary N) is 1. The minimum absolute atomic E-state index is 0.178. The number of amides is 1. The third-order valence-corrected chi connectivity index (χ3v) is 2.77. The van der Waals surface area contributed by atoms with E-state index in [-0.39, 0.29) is 5.76 Å². The maximum atomic E-state index is 11.8. The summed E-state index contributed by atoms with van der Waals surface area (Å²) in [6, 6.07) is 4.34. The number of hydrogen-bond donors (Lipinski definition) is 1. The van der Waals surface area contributed by atoms with Gasteiger partial charge in [0.2, 0.25) is 0 Å². The van der Waals surface area contributed by atoms with E-state index in [0.29, 0.717) is 12.8 Å². The van der Waals surface area contributed by atoms with Gasteiger partial charge in [0.15, 0.2) is 5.76 Å². The highest BCUT2D eigenvalue weighted by atomic mass is 16.6. The number of carbonyl (C=O) groups excluding carboxylic acids is 1. The molecule has 7 nitrogen and oxygen atoms in total. The molecule has 0 radical (unpaired) electrons. The summed E-state index contributed by atoms with van der Waals surface area (Å²) in [5.74, 6) is -1.31. The lowest BCUT2D eigenvalue weighted by Crippen LogP contribution is -2.46. The number of nitrogens with zero attached hydrogens (tertiary/aromatic N) is 2. The second-order valence-corrected chi connectivity index (χ2v) is 3.75. The monoisotopic (exact) mass is 251 g/mol. The fourth-order valence-electron chi connectivity index (χ4n) is 1.44. The predicted octanol–water partition coefficient (Wildman–Crippen LogP) is 2.00. The quantitative estimate of drug-likeness (QED) is 0.635. The zero-order valence-electron chi connectivity index (χ0n) is 10.1. The molecule has 1 rings (SSSR count). The molecule has 0 aliphatic heterocycles. The van der Waals surface area contributed by atoms with E-state index in [1.165, 1.54) is 6.07 Å². The lowest BCUT2D eigenvalue weighted by Gasteiger charge is -2.24. The van der Waals surface area contributed by atoms with Crippen LogP contribution in [0.4, 0.5) is 5.88 Å². The smallest absolute Gasteiger partial charge is 0.395 e. The van der Waals surface area contributed by atoms with Crippen LogP contribution < -0.4 is 5.32 Å². The molecule has 0 unspecified atom stereocenters. The van der Waals surface area contributed by atoms with E-state index in [1.54, 1.807) is 13.8 Å². The predicted molar refractivity (Wildman–Crippen MR) is 61.8 cm³/mol. The van der Waals surface area contributed by atoms with Crippen LogP contribution >= 0.6 is 0 Å². The molecule has 0 aliphatic rings. The van der Waals surface area contributed by atoms with Crippen molar-refractivity contribution in [3.8, 4) is 6.07 Å². The lowest BCUT2D eigenvalue weighted by molar-refractivity contribution is -0.402. The third kappa shape index (κ3) is 2.66. The summed E-state index contributed by atoms with van der Waals surface area (Å²) in [7, 11) is 0. The van der Waals surface area contributed by atoms with E-state index in [9.17, 15) is 14.9 Å². The molecule has 0 fully saturated rings. The SMILES string of the molecule is CCC(C#N)(CC)NC(=O)c1ccc([N+](=O)[O-])o1. The summed E-state index contributed by atoms with van der Waals surface area (Å²) >= 11 is 0. The molecule has 1 heterocycles. The largest absolute Gasteiger partial charge is 0.433 e. The van der Waals surface area contributed by atoms with Gasteiger partial charge >= 0.3 is 5.88 Å².